The van der Waals surface area contributed by atoms with Crippen LogP contribution in [0.15, 0.2) is 182 Å². The Bertz CT molecular complexity index is 3100. The van der Waals surface area contributed by atoms with E-state index in [1.54, 1.807) is 0 Å². The third-order valence-corrected chi connectivity index (χ3v) is 10.6. The zero-order valence-corrected chi connectivity index (χ0v) is 27.7. The number of para-hydroxylation sites is 4. The minimum absolute atomic E-state index is 1.15. The van der Waals surface area contributed by atoms with Gasteiger partial charge in [-0.05, 0) is 95.1 Å². The maximum absolute atomic E-state index is 3.57. The molecular weight excluding hydrogens is 619 g/mol. The van der Waals surface area contributed by atoms with Gasteiger partial charge in [0.05, 0.1) is 22.1 Å². The van der Waals surface area contributed by atoms with Crippen LogP contribution in [0.5, 0.6) is 0 Å². The van der Waals surface area contributed by atoms with Crippen molar-refractivity contribution in [1.29, 1.82) is 0 Å². The molecule has 3 nitrogen and oxygen atoms in total. The normalized spacial score (nSPS) is 11.9. The van der Waals surface area contributed by atoms with Gasteiger partial charge in [-0.25, -0.2) is 0 Å². The van der Waals surface area contributed by atoms with Crippen LogP contribution in [0, 0.1) is 0 Å². The predicted molar refractivity (Wildman–Crippen MR) is 215 cm³/mol. The number of hydrogen-bond donors (Lipinski definition) is 1. The van der Waals surface area contributed by atoms with Crippen molar-refractivity contribution in [3.63, 3.8) is 0 Å². The van der Waals surface area contributed by atoms with Crippen molar-refractivity contribution in [1.82, 2.24) is 14.1 Å². The summed E-state index contributed by atoms with van der Waals surface area (Å²) in [5, 5.41) is 7.55. The SMILES string of the molecule is c1cc(-c2ccc3c(c2)c2ccccc2n3-c2cccc(-c3ccc4[nH]c5ccccc5c4c3)c2)cc(-n2c3ccccc3c3ccccc32)c1. The number of benzene rings is 8. The number of nitrogens with one attached hydrogen (secondary N) is 1. The fraction of sp³-hybridized carbons (Fsp3) is 0. The fourth-order valence-electron chi connectivity index (χ4n) is 8.31. The van der Waals surface area contributed by atoms with Crippen LogP contribution in [0.3, 0.4) is 0 Å². The Morgan fingerprint density at radius 1 is 0.275 bits per heavy atom. The fourth-order valence-corrected chi connectivity index (χ4v) is 8.31. The number of fused-ring (bicyclic) bond motifs is 9. The first kappa shape index (κ1) is 28.0. The Balaban J connectivity index is 1.04. The van der Waals surface area contributed by atoms with E-state index in [4.69, 9.17) is 0 Å². The second-order valence-electron chi connectivity index (χ2n) is 13.5. The van der Waals surface area contributed by atoms with Crippen molar-refractivity contribution in [2.75, 3.05) is 0 Å². The molecule has 0 aliphatic rings. The van der Waals surface area contributed by atoms with Gasteiger partial charge in [-0.2, -0.15) is 0 Å². The Kier molecular flexibility index (Phi) is 5.96. The largest absolute Gasteiger partial charge is 0.355 e. The van der Waals surface area contributed by atoms with E-state index in [1.807, 2.05) is 0 Å². The molecule has 3 aromatic heterocycles. The predicted octanol–water partition coefficient (Wildman–Crippen LogP) is 12.8. The summed E-state index contributed by atoms with van der Waals surface area (Å²) in [4.78, 5) is 3.57. The van der Waals surface area contributed by atoms with Crippen LogP contribution in [0.4, 0.5) is 0 Å². The van der Waals surface area contributed by atoms with E-state index < -0.39 is 0 Å². The molecule has 1 N–H and O–H groups in total. The van der Waals surface area contributed by atoms with Gasteiger partial charge in [-0.3, -0.25) is 0 Å². The molecule has 238 valence electrons. The van der Waals surface area contributed by atoms with Crippen molar-refractivity contribution in [3.05, 3.63) is 182 Å². The average molecular weight is 650 g/mol. The minimum Gasteiger partial charge on any atom is -0.355 e. The first-order valence-corrected chi connectivity index (χ1v) is 17.5. The Morgan fingerprint density at radius 3 is 1.31 bits per heavy atom. The summed E-state index contributed by atoms with van der Waals surface area (Å²) in [6.45, 7) is 0. The highest BCUT2D eigenvalue weighted by Gasteiger charge is 2.16. The van der Waals surface area contributed by atoms with Gasteiger partial charge in [0.1, 0.15) is 0 Å². The lowest BCUT2D eigenvalue weighted by molar-refractivity contribution is 1.18. The zero-order chi connectivity index (χ0) is 33.5. The van der Waals surface area contributed by atoms with Gasteiger partial charge in [-0.15, -0.1) is 0 Å². The van der Waals surface area contributed by atoms with Crippen LogP contribution in [-0.2, 0) is 0 Å². The molecule has 11 rings (SSSR count). The number of H-pyrrole nitrogens is 1. The molecule has 0 spiro atoms. The van der Waals surface area contributed by atoms with Crippen LogP contribution >= 0.6 is 0 Å². The number of rotatable bonds is 4. The summed E-state index contributed by atoms with van der Waals surface area (Å²) in [5.41, 5.74) is 14.3. The number of aromatic nitrogens is 3. The van der Waals surface area contributed by atoms with E-state index in [1.165, 1.54) is 82.2 Å². The number of aromatic amines is 1. The van der Waals surface area contributed by atoms with E-state index >= 15 is 0 Å². The van der Waals surface area contributed by atoms with E-state index in [0.29, 0.717) is 0 Å². The van der Waals surface area contributed by atoms with E-state index in [2.05, 4.69) is 196 Å². The summed E-state index contributed by atoms with van der Waals surface area (Å²) >= 11 is 0. The van der Waals surface area contributed by atoms with Crippen molar-refractivity contribution >= 4 is 65.4 Å². The number of nitrogens with zero attached hydrogens (tertiary/aromatic N) is 2. The molecule has 8 aromatic carbocycles. The molecule has 3 heteroatoms. The Morgan fingerprint density at radius 2 is 0.706 bits per heavy atom. The molecule has 0 saturated carbocycles. The van der Waals surface area contributed by atoms with Gasteiger partial charge >= 0.3 is 0 Å². The summed E-state index contributed by atoms with van der Waals surface area (Å²) < 4.78 is 4.80. The third kappa shape index (κ3) is 4.25. The van der Waals surface area contributed by atoms with Crippen LogP contribution in [0.1, 0.15) is 0 Å². The molecule has 0 radical (unpaired) electrons. The van der Waals surface area contributed by atoms with Gasteiger partial charge in [0.25, 0.3) is 0 Å². The van der Waals surface area contributed by atoms with Crippen molar-refractivity contribution in [3.8, 4) is 33.6 Å². The maximum Gasteiger partial charge on any atom is 0.0541 e. The lowest BCUT2D eigenvalue weighted by Gasteiger charge is -2.12. The lowest BCUT2D eigenvalue weighted by Crippen LogP contribution is -1.95. The molecule has 51 heavy (non-hydrogen) atoms. The smallest absolute Gasteiger partial charge is 0.0541 e. The molecule has 0 fully saturated rings. The van der Waals surface area contributed by atoms with Gasteiger partial charge in [-0.1, -0.05) is 109 Å². The molecular formula is C48H31N3. The second-order valence-corrected chi connectivity index (χ2v) is 13.5. The van der Waals surface area contributed by atoms with Crippen molar-refractivity contribution in [2.45, 2.75) is 0 Å². The summed E-state index contributed by atoms with van der Waals surface area (Å²) in [6, 6.07) is 66.3. The highest BCUT2D eigenvalue weighted by atomic mass is 15.0. The van der Waals surface area contributed by atoms with Crippen LogP contribution < -0.4 is 0 Å². The molecule has 0 aliphatic carbocycles. The third-order valence-electron chi connectivity index (χ3n) is 10.6. The summed E-state index contributed by atoms with van der Waals surface area (Å²) in [5.74, 6) is 0. The van der Waals surface area contributed by atoms with Crippen LogP contribution in [0.2, 0.25) is 0 Å². The summed E-state index contributed by atoms with van der Waals surface area (Å²) in [7, 11) is 0. The highest BCUT2D eigenvalue weighted by Crippen LogP contribution is 2.38. The molecule has 0 unspecified atom stereocenters. The van der Waals surface area contributed by atoms with Crippen LogP contribution in [0.25, 0.3) is 99.0 Å². The molecule has 3 heterocycles. The topological polar surface area (TPSA) is 25.6 Å². The van der Waals surface area contributed by atoms with Gasteiger partial charge < -0.3 is 14.1 Å². The van der Waals surface area contributed by atoms with Gasteiger partial charge in [0.15, 0.2) is 0 Å². The van der Waals surface area contributed by atoms with E-state index in [9.17, 15) is 0 Å². The quantitative estimate of drug-likeness (QED) is 0.196. The molecule has 0 amide bonds. The lowest BCUT2D eigenvalue weighted by atomic mass is 10.0. The van der Waals surface area contributed by atoms with E-state index in [0.717, 1.165) is 16.9 Å². The van der Waals surface area contributed by atoms with Gasteiger partial charge in [0.2, 0.25) is 0 Å². The number of hydrogen-bond acceptors (Lipinski definition) is 0. The molecule has 0 saturated heterocycles. The maximum atomic E-state index is 3.57. The van der Waals surface area contributed by atoms with Crippen LogP contribution in [-0.4, -0.2) is 14.1 Å². The highest BCUT2D eigenvalue weighted by molar-refractivity contribution is 6.12. The average Bonchev–Trinajstić information content (AvgIpc) is 3.85. The van der Waals surface area contributed by atoms with Gasteiger partial charge in [0, 0.05) is 54.7 Å². The summed E-state index contributed by atoms with van der Waals surface area (Å²) in [6.07, 6.45) is 0. The zero-order valence-electron chi connectivity index (χ0n) is 27.7. The van der Waals surface area contributed by atoms with Crippen molar-refractivity contribution < 1.29 is 0 Å². The Hall–Kier alpha value is -6.84. The van der Waals surface area contributed by atoms with E-state index in [-0.39, 0.29) is 0 Å². The molecule has 0 atom stereocenters. The monoisotopic (exact) mass is 649 g/mol. The molecule has 0 bridgehead atoms. The first-order chi connectivity index (χ1) is 25.3. The van der Waals surface area contributed by atoms with Crippen molar-refractivity contribution in [2.24, 2.45) is 0 Å². The second kappa shape index (κ2) is 10.8. The first-order valence-electron chi connectivity index (χ1n) is 17.5. The standard InChI is InChI=1S/C48H31N3/c1-5-19-43-37(15-1)41-29-33(23-25-44(41)49-43)31-11-9-14-36(27-31)51-47-22-8-4-18-40(47)42-30-34(24-26-48(42)51)32-12-10-13-35(28-32)50-45-20-6-2-16-38(45)39-17-3-7-21-46(39)50/h1-30,49H. The molecule has 0 aliphatic heterocycles. The Labute approximate surface area is 294 Å². The minimum atomic E-state index is 1.15. The molecule has 11 aromatic rings.